The van der Waals surface area contributed by atoms with Crippen LogP contribution in [-0.2, 0) is 4.79 Å². The van der Waals surface area contributed by atoms with Gasteiger partial charge < -0.3 is 14.1 Å². The molecule has 1 heterocycles. The van der Waals surface area contributed by atoms with E-state index in [1.165, 1.54) is 6.07 Å². The molecule has 0 aliphatic heterocycles. The van der Waals surface area contributed by atoms with Crippen molar-refractivity contribution in [1.29, 1.82) is 0 Å². The number of fused-ring (bicyclic) bond motifs is 1. The molecule has 2 rings (SSSR count). The monoisotopic (exact) mass is 315 g/mol. The van der Waals surface area contributed by atoms with Crippen LogP contribution in [0.5, 0.6) is 5.75 Å². The van der Waals surface area contributed by atoms with Gasteiger partial charge in [0, 0.05) is 30.6 Å². The van der Waals surface area contributed by atoms with Crippen LogP contribution >= 0.6 is 0 Å². The van der Waals surface area contributed by atoms with E-state index in [4.69, 9.17) is 9.15 Å². The number of aryl methyl sites for hydroxylation is 1. The van der Waals surface area contributed by atoms with Crippen molar-refractivity contribution in [2.75, 3.05) is 19.7 Å². The van der Waals surface area contributed by atoms with Crippen molar-refractivity contribution >= 4 is 16.9 Å². The summed E-state index contributed by atoms with van der Waals surface area (Å²) in [5.74, 6) is 0.382. The second-order valence-corrected chi connectivity index (χ2v) is 5.56. The summed E-state index contributed by atoms with van der Waals surface area (Å²) in [7, 11) is 0. The SMILES string of the molecule is C=C(C)CN(CC)C(=O)COc1ccc2c(C)cc(=O)oc2c1. The molecule has 0 spiro atoms. The number of amides is 1. The zero-order chi connectivity index (χ0) is 17.0. The number of carbonyl (C=O) groups is 1. The van der Waals surface area contributed by atoms with Gasteiger partial charge in [-0.15, -0.1) is 0 Å². The minimum Gasteiger partial charge on any atom is -0.484 e. The van der Waals surface area contributed by atoms with E-state index in [-0.39, 0.29) is 12.5 Å². The molecule has 0 radical (unpaired) electrons. The van der Waals surface area contributed by atoms with Crippen LogP contribution in [0.25, 0.3) is 11.0 Å². The predicted octanol–water partition coefficient (Wildman–Crippen LogP) is 2.90. The maximum absolute atomic E-state index is 12.1. The summed E-state index contributed by atoms with van der Waals surface area (Å²) in [4.78, 5) is 25.3. The van der Waals surface area contributed by atoms with Crippen molar-refractivity contribution in [3.05, 3.63) is 52.4 Å². The highest BCUT2D eigenvalue weighted by Gasteiger charge is 2.13. The highest BCUT2D eigenvalue weighted by atomic mass is 16.5. The number of carbonyl (C=O) groups excluding carboxylic acids is 1. The summed E-state index contributed by atoms with van der Waals surface area (Å²) in [6.45, 7) is 10.5. The Hall–Kier alpha value is -2.56. The smallest absolute Gasteiger partial charge is 0.336 e. The summed E-state index contributed by atoms with van der Waals surface area (Å²) in [6.07, 6.45) is 0. The third-order valence-corrected chi connectivity index (χ3v) is 3.48. The molecule has 0 atom stereocenters. The van der Waals surface area contributed by atoms with Crippen LogP contribution < -0.4 is 10.4 Å². The van der Waals surface area contributed by atoms with E-state index in [0.29, 0.717) is 24.4 Å². The first kappa shape index (κ1) is 16.8. The van der Waals surface area contributed by atoms with Crippen molar-refractivity contribution < 1.29 is 13.9 Å². The quantitative estimate of drug-likeness (QED) is 0.607. The minimum absolute atomic E-state index is 0.0668. The lowest BCUT2D eigenvalue weighted by Gasteiger charge is -2.21. The van der Waals surface area contributed by atoms with E-state index >= 15 is 0 Å². The van der Waals surface area contributed by atoms with Crippen LogP contribution in [0.2, 0.25) is 0 Å². The molecule has 1 aromatic heterocycles. The second-order valence-electron chi connectivity index (χ2n) is 5.56. The lowest BCUT2D eigenvalue weighted by molar-refractivity contribution is -0.132. The fourth-order valence-electron chi connectivity index (χ4n) is 2.33. The van der Waals surface area contributed by atoms with E-state index in [9.17, 15) is 9.59 Å². The van der Waals surface area contributed by atoms with Gasteiger partial charge in [0.1, 0.15) is 11.3 Å². The Bertz CT molecular complexity index is 791. The van der Waals surface area contributed by atoms with Gasteiger partial charge in [0.2, 0.25) is 0 Å². The van der Waals surface area contributed by atoms with Crippen LogP contribution in [0.3, 0.4) is 0 Å². The van der Waals surface area contributed by atoms with Crippen LogP contribution in [-0.4, -0.2) is 30.5 Å². The van der Waals surface area contributed by atoms with Gasteiger partial charge in [-0.1, -0.05) is 12.2 Å². The van der Waals surface area contributed by atoms with E-state index < -0.39 is 5.63 Å². The molecule has 0 aliphatic rings. The lowest BCUT2D eigenvalue weighted by atomic mass is 10.1. The van der Waals surface area contributed by atoms with Gasteiger partial charge in [-0.3, -0.25) is 4.79 Å². The van der Waals surface area contributed by atoms with Crippen molar-refractivity contribution in [2.24, 2.45) is 0 Å². The number of rotatable bonds is 6. The van der Waals surface area contributed by atoms with E-state index in [1.807, 2.05) is 26.8 Å². The molecule has 0 saturated carbocycles. The number of hydrogen-bond donors (Lipinski definition) is 0. The molecule has 5 nitrogen and oxygen atoms in total. The van der Waals surface area contributed by atoms with E-state index in [2.05, 4.69) is 6.58 Å². The first-order valence-corrected chi connectivity index (χ1v) is 7.50. The summed E-state index contributed by atoms with van der Waals surface area (Å²) in [5, 5.41) is 0.848. The molecule has 0 N–H and O–H groups in total. The predicted molar refractivity (Wildman–Crippen MR) is 89.8 cm³/mol. The fourth-order valence-corrected chi connectivity index (χ4v) is 2.33. The summed E-state index contributed by atoms with van der Waals surface area (Å²) >= 11 is 0. The van der Waals surface area contributed by atoms with Gasteiger partial charge in [-0.25, -0.2) is 4.79 Å². The third kappa shape index (κ3) is 4.22. The van der Waals surface area contributed by atoms with E-state index in [0.717, 1.165) is 16.5 Å². The molecule has 0 fully saturated rings. The van der Waals surface area contributed by atoms with Crippen LogP contribution in [0.1, 0.15) is 19.4 Å². The zero-order valence-electron chi connectivity index (χ0n) is 13.7. The highest BCUT2D eigenvalue weighted by Crippen LogP contribution is 2.22. The van der Waals surface area contributed by atoms with Gasteiger partial charge >= 0.3 is 5.63 Å². The largest absolute Gasteiger partial charge is 0.484 e. The van der Waals surface area contributed by atoms with Gasteiger partial charge in [-0.05, 0) is 38.5 Å². The van der Waals surface area contributed by atoms with Crippen LogP contribution in [0.15, 0.2) is 45.6 Å². The number of nitrogens with zero attached hydrogens (tertiary/aromatic N) is 1. The third-order valence-electron chi connectivity index (χ3n) is 3.48. The standard InChI is InChI=1S/C18H21NO4/c1-5-19(10-12(2)3)17(20)11-22-14-6-7-15-13(4)8-18(21)23-16(15)9-14/h6-9H,2,5,10-11H2,1,3-4H3. The maximum Gasteiger partial charge on any atom is 0.336 e. The Morgan fingerprint density at radius 3 is 2.74 bits per heavy atom. The Labute approximate surface area is 135 Å². The number of likely N-dealkylation sites (N-methyl/N-ethyl adjacent to an activating group) is 1. The number of benzene rings is 1. The summed E-state index contributed by atoms with van der Waals surface area (Å²) < 4.78 is 10.7. The Kier molecular flexibility index (Phi) is 5.21. The van der Waals surface area contributed by atoms with Gasteiger partial charge in [-0.2, -0.15) is 0 Å². The zero-order valence-corrected chi connectivity index (χ0v) is 13.7. The van der Waals surface area contributed by atoms with Gasteiger partial charge in [0.15, 0.2) is 6.61 Å². The fraction of sp³-hybridized carbons (Fsp3) is 0.333. The Balaban J connectivity index is 2.11. The molecule has 23 heavy (non-hydrogen) atoms. The normalized spacial score (nSPS) is 10.6. The van der Waals surface area contributed by atoms with Crippen molar-refractivity contribution in [3.8, 4) is 5.75 Å². The second kappa shape index (κ2) is 7.13. The van der Waals surface area contributed by atoms with Gasteiger partial charge in [0.05, 0.1) is 0 Å². The molecule has 0 aliphatic carbocycles. The van der Waals surface area contributed by atoms with Crippen LogP contribution in [0, 0.1) is 6.92 Å². The Morgan fingerprint density at radius 2 is 2.09 bits per heavy atom. The average molecular weight is 315 g/mol. The molecule has 122 valence electrons. The van der Waals surface area contributed by atoms with Crippen molar-refractivity contribution in [2.45, 2.75) is 20.8 Å². The highest BCUT2D eigenvalue weighted by molar-refractivity contribution is 5.81. The first-order valence-electron chi connectivity index (χ1n) is 7.50. The molecule has 1 amide bonds. The van der Waals surface area contributed by atoms with Crippen LogP contribution in [0.4, 0.5) is 0 Å². The van der Waals surface area contributed by atoms with E-state index in [1.54, 1.807) is 17.0 Å². The minimum atomic E-state index is -0.401. The average Bonchev–Trinajstić information content (AvgIpc) is 2.49. The van der Waals surface area contributed by atoms with Gasteiger partial charge in [0.25, 0.3) is 5.91 Å². The molecule has 5 heteroatoms. The number of hydrogen-bond acceptors (Lipinski definition) is 4. The molecular weight excluding hydrogens is 294 g/mol. The first-order chi connectivity index (χ1) is 10.9. The molecule has 0 bridgehead atoms. The molecule has 0 saturated heterocycles. The number of ether oxygens (including phenoxy) is 1. The molecule has 0 unspecified atom stereocenters. The summed E-state index contributed by atoms with van der Waals surface area (Å²) in [6, 6.07) is 6.66. The maximum atomic E-state index is 12.1. The Morgan fingerprint density at radius 1 is 1.35 bits per heavy atom. The van der Waals surface area contributed by atoms with Crippen molar-refractivity contribution in [3.63, 3.8) is 0 Å². The molecule has 2 aromatic rings. The molecule has 1 aromatic carbocycles. The molecular formula is C18H21NO4. The summed E-state index contributed by atoms with van der Waals surface area (Å²) in [5.41, 5.74) is 1.82. The lowest BCUT2D eigenvalue weighted by Crippen LogP contribution is -2.35. The van der Waals surface area contributed by atoms with Crippen molar-refractivity contribution in [1.82, 2.24) is 4.90 Å². The topological polar surface area (TPSA) is 59.8 Å².